The summed E-state index contributed by atoms with van der Waals surface area (Å²) in [6.45, 7) is 2.02. The van der Waals surface area contributed by atoms with Crippen LogP contribution in [0.4, 0.5) is 5.95 Å². The number of fused-ring (bicyclic) bond motifs is 1. The van der Waals surface area contributed by atoms with Gasteiger partial charge in [-0.2, -0.15) is 5.10 Å². The molecule has 0 atom stereocenters. The third-order valence-corrected chi connectivity index (χ3v) is 3.52. The molecule has 0 amide bonds. The number of aryl methyl sites for hydroxylation is 1. The van der Waals surface area contributed by atoms with Gasteiger partial charge in [0.05, 0.1) is 31.5 Å². The molecule has 0 aliphatic rings. The zero-order valence-electron chi connectivity index (χ0n) is 13.6. The van der Waals surface area contributed by atoms with Gasteiger partial charge in [-0.05, 0) is 36.8 Å². The topological polar surface area (TPSA) is 91.8 Å². The highest BCUT2D eigenvalue weighted by molar-refractivity contribution is 5.83. The van der Waals surface area contributed by atoms with E-state index in [4.69, 9.17) is 9.47 Å². The second kappa shape index (κ2) is 6.49. The van der Waals surface area contributed by atoms with Crippen LogP contribution in [0, 0.1) is 6.92 Å². The minimum Gasteiger partial charge on any atom is -0.502 e. The number of phenolic OH excluding ortho intramolecular Hbond substituents is 1. The van der Waals surface area contributed by atoms with Gasteiger partial charge >= 0.3 is 0 Å². The number of nitrogens with one attached hydrogen (secondary N) is 2. The van der Waals surface area contributed by atoms with E-state index in [2.05, 4.69) is 20.5 Å². The van der Waals surface area contributed by atoms with Gasteiger partial charge in [0.15, 0.2) is 11.5 Å². The van der Waals surface area contributed by atoms with E-state index in [0.29, 0.717) is 23.0 Å². The summed E-state index contributed by atoms with van der Waals surface area (Å²) < 4.78 is 10.2. The van der Waals surface area contributed by atoms with Crippen molar-refractivity contribution in [1.82, 2.24) is 9.97 Å². The predicted molar refractivity (Wildman–Crippen MR) is 93.3 cm³/mol. The number of hydrogen-bond donors (Lipinski definition) is 3. The Morgan fingerprint density at radius 1 is 1.17 bits per heavy atom. The molecular formula is C17H18N4O3. The number of imidazole rings is 1. The van der Waals surface area contributed by atoms with E-state index >= 15 is 0 Å². The van der Waals surface area contributed by atoms with Crippen LogP contribution in [0.25, 0.3) is 11.0 Å². The highest BCUT2D eigenvalue weighted by atomic mass is 16.5. The molecule has 0 bridgehead atoms. The van der Waals surface area contributed by atoms with Crippen LogP contribution in [0.2, 0.25) is 0 Å². The molecule has 124 valence electrons. The maximum absolute atomic E-state index is 9.89. The molecule has 0 spiro atoms. The molecule has 7 nitrogen and oxygen atoms in total. The number of aromatic hydroxyl groups is 1. The first-order valence-electron chi connectivity index (χ1n) is 7.31. The van der Waals surface area contributed by atoms with Gasteiger partial charge in [-0.1, -0.05) is 6.07 Å². The molecule has 2 aromatic carbocycles. The molecule has 3 rings (SSSR count). The van der Waals surface area contributed by atoms with E-state index in [1.807, 2.05) is 25.1 Å². The second-order valence-corrected chi connectivity index (χ2v) is 5.25. The van der Waals surface area contributed by atoms with E-state index in [-0.39, 0.29) is 5.75 Å². The standard InChI is InChI=1S/C17H18N4O3/c1-10-4-5-12-13(6-10)20-17(19-12)21-18-9-11-7-14(23-2)16(22)15(8-11)24-3/h4-9,22H,1-3H3,(H2,19,20,21)/b18-9-. The second-order valence-electron chi connectivity index (χ2n) is 5.25. The van der Waals surface area contributed by atoms with Gasteiger partial charge in [-0.3, -0.25) is 0 Å². The molecule has 0 unspecified atom stereocenters. The van der Waals surface area contributed by atoms with Crippen molar-refractivity contribution < 1.29 is 14.6 Å². The van der Waals surface area contributed by atoms with Gasteiger partial charge < -0.3 is 19.6 Å². The number of aromatic nitrogens is 2. The molecule has 7 heteroatoms. The van der Waals surface area contributed by atoms with Gasteiger partial charge in [0, 0.05) is 5.56 Å². The molecule has 3 N–H and O–H groups in total. The quantitative estimate of drug-likeness (QED) is 0.495. The lowest BCUT2D eigenvalue weighted by Gasteiger charge is -2.09. The zero-order chi connectivity index (χ0) is 17.1. The smallest absolute Gasteiger partial charge is 0.222 e. The number of ether oxygens (including phenoxy) is 2. The molecule has 0 fully saturated rings. The molecule has 0 saturated carbocycles. The summed E-state index contributed by atoms with van der Waals surface area (Å²) in [5.74, 6) is 1.13. The summed E-state index contributed by atoms with van der Waals surface area (Å²) in [4.78, 5) is 7.55. The predicted octanol–water partition coefficient (Wildman–Crippen LogP) is 3.04. The molecule has 24 heavy (non-hydrogen) atoms. The zero-order valence-corrected chi connectivity index (χ0v) is 13.6. The molecule has 0 radical (unpaired) electrons. The highest BCUT2D eigenvalue weighted by Gasteiger charge is 2.10. The van der Waals surface area contributed by atoms with Crippen LogP contribution in [-0.4, -0.2) is 35.5 Å². The van der Waals surface area contributed by atoms with E-state index in [0.717, 1.165) is 16.6 Å². The van der Waals surface area contributed by atoms with Crippen molar-refractivity contribution in [3.63, 3.8) is 0 Å². The van der Waals surface area contributed by atoms with Crippen LogP contribution in [0.3, 0.4) is 0 Å². The Labute approximate surface area is 138 Å². The van der Waals surface area contributed by atoms with Crippen molar-refractivity contribution in [2.75, 3.05) is 19.6 Å². The van der Waals surface area contributed by atoms with Crippen LogP contribution in [0.1, 0.15) is 11.1 Å². The number of benzene rings is 2. The molecule has 1 heterocycles. The summed E-state index contributed by atoms with van der Waals surface area (Å²) in [5, 5.41) is 14.0. The van der Waals surface area contributed by atoms with Crippen molar-refractivity contribution in [2.24, 2.45) is 5.10 Å². The van der Waals surface area contributed by atoms with Crippen LogP contribution < -0.4 is 14.9 Å². The number of aromatic amines is 1. The van der Waals surface area contributed by atoms with Gasteiger partial charge in [0.25, 0.3) is 0 Å². The van der Waals surface area contributed by atoms with Gasteiger partial charge in [-0.25, -0.2) is 10.4 Å². The summed E-state index contributed by atoms with van der Waals surface area (Å²) in [5.41, 5.74) is 6.53. The average Bonchev–Trinajstić information content (AvgIpc) is 2.97. The monoisotopic (exact) mass is 326 g/mol. The van der Waals surface area contributed by atoms with Crippen LogP contribution in [0.5, 0.6) is 17.2 Å². The Bertz CT molecular complexity index is 877. The summed E-state index contributed by atoms with van der Waals surface area (Å²) in [6.07, 6.45) is 1.59. The lowest BCUT2D eigenvalue weighted by Crippen LogP contribution is -1.95. The molecular weight excluding hydrogens is 308 g/mol. The van der Waals surface area contributed by atoms with E-state index < -0.39 is 0 Å². The van der Waals surface area contributed by atoms with Gasteiger partial charge in [0.2, 0.25) is 11.7 Å². The van der Waals surface area contributed by atoms with Gasteiger partial charge in [-0.15, -0.1) is 0 Å². The maximum Gasteiger partial charge on any atom is 0.222 e. The van der Waals surface area contributed by atoms with E-state index in [1.165, 1.54) is 14.2 Å². The van der Waals surface area contributed by atoms with E-state index in [1.54, 1.807) is 18.3 Å². The maximum atomic E-state index is 9.89. The van der Waals surface area contributed by atoms with Crippen molar-refractivity contribution in [3.8, 4) is 17.2 Å². The Kier molecular flexibility index (Phi) is 4.24. The molecule has 0 saturated heterocycles. The third-order valence-electron chi connectivity index (χ3n) is 3.52. The fraction of sp³-hybridized carbons (Fsp3) is 0.176. The Hall–Kier alpha value is -3.22. The Morgan fingerprint density at radius 2 is 1.88 bits per heavy atom. The SMILES string of the molecule is COc1cc(/C=N\Nc2nc3ccc(C)cc3[nH]2)cc(OC)c1O. The van der Waals surface area contributed by atoms with Crippen LogP contribution in [0.15, 0.2) is 35.4 Å². The van der Waals surface area contributed by atoms with Crippen molar-refractivity contribution in [2.45, 2.75) is 6.92 Å². The Morgan fingerprint density at radius 3 is 2.54 bits per heavy atom. The molecule has 0 aliphatic heterocycles. The normalized spacial score (nSPS) is 11.1. The number of hydrazone groups is 1. The van der Waals surface area contributed by atoms with Crippen molar-refractivity contribution in [3.05, 3.63) is 41.5 Å². The summed E-state index contributed by atoms with van der Waals surface area (Å²) in [7, 11) is 2.95. The first-order chi connectivity index (χ1) is 11.6. The number of phenols is 1. The first kappa shape index (κ1) is 15.7. The van der Waals surface area contributed by atoms with Crippen molar-refractivity contribution in [1.29, 1.82) is 0 Å². The third kappa shape index (κ3) is 3.10. The summed E-state index contributed by atoms with van der Waals surface area (Å²) in [6, 6.07) is 9.29. The fourth-order valence-electron chi connectivity index (χ4n) is 2.33. The van der Waals surface area contributed by atoms with E-state index in [9.17, 15) is 5.11 Å². The summed E-state index contributed by atoms with van der Waals surface area (Å²) >= 11 is 0. The first-order valence-corrected chi connectivity index (χ1v) is 7.31. The minimum absolute atomic E-state index is 0.0437. The minimum atomic E-state index is -0.0437. The van der Waals surface area contributed by atoms with Crippen LogP contribution in [-0.2, 0) is 0 Å². The average molecular weight is 326 g/mol. The molecule has 1 aromatic heterocycles. The lowest BCUT2D eigenvalue weighted by atomic mass is 10.2. The van der Waals surface area contributed by atoms with Crippen LogP contribution >= 0.6 is 0 Å². The lowest BCUT2D eigenvalue weighted by molar-refractivity contribution is 0.340. The number of nitrogens with zero attached hydrogens (tertiary/aromatic N) is 2. The highest BCUT2D eigenvalue weighted by Crippen LogP contribution is 2.36. The molecule has 0 aliphatic carbocycles. The molecule has 3 aromatic rings. The Balaban J connectivity index is 1.80. The number of rotatable bonds is 5. The largest absolute Gasteiger partial charge is 0.502 e. The number of H-pyrrole nitrogens is 1. The number of methoxy groups -OCH3 is 2. The number of anilines is 1. The van der Waals surface area contributed by atoms with Crippen molar-refractivity contribution >= 4 is 23.2 Å². The number of hydrogen-bond acceptors (Lipinski definition) is 6. The van der Waals surface area contributed by atoms with Gasteiger partial charge in [0.1, 0.15) is 0 Å². The fourth-order valence-corrected chi connectivity index (χ4v) is 2.33.